The van der Waals surface area contributed by atoms with Crippen LogP contribution in [0.15, 0.2) is 18.2 Å². The largest absolute Gasteiger partial charge is 0.497 e. The average molecular weight is 352 g/mol. The van der Waals surface area contributed by atoms with Gasteiger partial charge in [-0.15, -0.1) is 0 Å². The fourth-order valence-corrected chi connectivity index (χ4v) is 8.85. The van der Waals surface area contributed by atoms with Crippen LogP contribution >= 0.6 is 7.92 Å². The second-order valence-electron chi connectivity index (χ2n) is 7.69. The Balaban J connectivity index is 1.85. The molecule has 0 radical (unpaired) electrons. The Bertz CT molecular complexity index is 646. The summed E-state index contributed by atoms with van der Waals surface area (Å²) in [6.45, 7) is 8.45. The molecule has 0 aliphatic carbocycles. The van der Waals surface area contributed by atoms with Crippen LogP contribution < -0.4 is 14.8 Å². The highest BCUT2D eigenvalue weighted by Gasteiger charge is 2.71. The lowest BCUT2D eigenvalue weighted by Gasteiger charge is -2.69. The van der Waals surface area contributed by atoms with Crippen molar-refractivity contribution in [2.45, 2.75) is 62.8 Å². The molecule has 0 amide bonds. The summed E-state index contributed by atoms with van der Waals surface area (Å²) in [7, 11) is 2.42. The van der Waals surface area contributed by atoms with Gasteiger partial charge in [0.15, 0.2) is 11.3 Å². The molecule has 24 heavy (non-hydrogen) atoms. The first-order valence-corrected chi connectivity index (χ1v) is 9.61. The summed E-state index contributed by atoms with van der Waals surface area (Å²) in [6.07, 6.45) is 1.61. The van der Waals surface area contributed by atoms with Gasteiger partial charge in [0.2, 0.25) is 0 Å². The first-order chi connectivity index (χ1) is 11.1. The molecule has 0 saturated carbocycles. The number of rotatable bonds is 3. The van der Waals surface area contributed by atoms with Crippen molar-refractivity contribution in [1.82, 2.24) is 0 Å². The van der Waals surface area contributed by atoms with Crippen molar-refractivity contribution >= 4 is 13.2 Å². The maximum Gasteiger partial charge on any atom is 0.194 e. The Morgan fingerprint density at radius 1 is 0.958 bits per heavy atom. The van der Waals surface area contributed by atoms with Gasteiger partial charge in [0, 0.05) is 32.1 Å². The molecule has 4 fully saturated rings. The van der Waals surface area contributed by atoms with E-state index in [1.54, 1.807) is 14.2 Å². The predicted molar refractivity (Wildman–Crippen MR) is 92.2 cm³/mol. The van der Waals surface area contributed by atoms with E-state index in [1.165, 1.54) is 0 Å². The molecule has 4 heterocycles. The highest BCUT2D eigenvalue weighted by Crippen LogP contribution is 2.75. The van der Waals surface area contributed by atoms with Gasteiger partial charge in [-0.25, -0.2) is 0 Å². The third-order valence-electron chi connectivity index (χ3n) is 5.18. The number of ether oxygens (including phenoxy) is 5. The fourth-order valence-electron chi connectivity index (χ4n) is 5.07. The molecular weight excluding hydrogens is 327 g/mol. The minimum atomic E-state index is -0.920. The molecular formula is C18H25O5P. The zero-order chi connectivity index (χ0) is 17.4. The Morgan fingerprint density at radius 3 is 2.29 bits per heavy atom. The van der Waals surface area contributed by atoms with Gasteiger partial charge in [0.25, 0.3) is 0 Å². The van der Waals surface area contributed by atoms with Crippen molar-refractivity contribution in [3.8, 4) is 11.5 Å². The van der Waals surface area contributed by atoms with Crippen LogP contribution in [0.1, 0.15) is 40.5 Å². The maximum absolute atomic E-state index is 6.49. The van der Waals surface area contributed by atoms with Crippen LogP contribution in [0.4, 0.5) is 0 Å². The number of methoxy groups -OCH3 is 2. The first-order valence-electron chi connectivity index (χ1n) is 8.27. The van der Waals surface area contributed by atoms with Crippen LogP contribution in [-0.2, 0) is 14.2 Å². The molecule has 5 nitrogen and oxygen atoms in total. The SMILES string of the molecule is COc1ccc(P2[C@@]3(C)O[C@]4(C)C[C@](C)(O3)O[C@@]2(C)C4)c(OC)c1. The second kappa shape index (κ2) is 4.85. The van der Waals surface area contributed by atoms with Gasteiger partial charge in [0.1, 0.15) is 11.5 Å². The number of hydrogen-bond donors (Lipinski definition) is 0. The monoisotopic (exact) mass is 352 g/mol. The van der Waals surface area contributed by atoms with Crippen molar-refractivity contribution in [3.05, 3.63) is 18.2 Å². The van der Waals surface area contributed by atoms with E-state index in [2.05, 4.69) is 26.8 Å². The standard InChI is InChI=1S/C18H25O5P/c1-15-10-16(2)22-17(3,11-15)24(18(4,21-15)23-16)14-8-7-12(19-5)9-13(14)20-6/h7-9H,10-11H2,1-6H3/t15-,16+,17-,18+,24?/m1/s1. The molecule has 4 bridgehead atoms. The highest BCUT2D eigenvalue weighted by atomic mass is 31.1. The topological polar surface area (TPSA) is 46.2 Å². The molecule has 6 heteroatoms. The van der Waals surface area contributed by atoms with E-state index in [4.69, 9.17) is 23.7 Å². The molecule has 5 atom stereocenters. The van der Waals surface area contributed by atoms with Crippen LogP contribution in [-0.4, -0.2) is 36.5 Å². The number of hydrogen-bond acceptors (Lipinski definition) is 5. The molecule has 1 aromatic carbocycles. The average Bonchev–Trinajstić information content (AvgIpc) is 2.42. The van der Waals surface area contributed by atoms with Gasteiger partial charge in [-0.3, -0.25) is 0 Å². The van der Waals surface area contributed by atoms with Gasteiger partial charge in [-0.1, -0.05) is 0 Å². The van der Waals surface area contributed by atoms with Crippen LogP contribution in [0.5, 0.6) is 11.5 Å². The summed E-state index contributed by atoms with van der Waals surface area (Å²) >= 11 is 0. The van der Waals surface area contributed by atoms with Gasteiger partial charge in [0.05, 0.1) is 25.2 Å². The normalized spacial score (nSPS) is 46.2. The van der Waals surface area contributed by atoms with Crippen LogP contribution in [0.2, 0.25) is 0 Å². The molecule has 1 unspecified atom stereocenters. The highest BCUT2D eigenvalue weighted by molar-refractivity contribution is 7.68. The van der Waals surface area contributed by atoms with E-state index < -0.39 is 19.2 Å². The minimum absolute atomic E-state index is 0.215. The van der Waals surface area contributed by atoms with Crippen LogP contribution in [0.25, 0.3) is 0 Å². The van der Waals surface area contributed by atoms with E-state index in [1.807, 2.05) is 19.1 Å². The molecule has 4 aliphatic heterocycles. The van der Waals surface area contributed by atoms with Crippen LogP contribution in [0.3, 0.4) is 0 Å². The quantitative estimate of drug-likeness (QED) is 0.779. The van der Waals surface area contributed by atoms with Crippen LogP contribution in [0, 0.1) is 0 Å². The first kappa shape index (κ1) is 16.6. The maximum atomic E-state index is 6.49. The Labute approximate surface area is 144 Å². The summed E-state index contributed by atoms with van der Waals surface area (Å²) < 4.78 is 30.3. The summed E-state index contributed by atoms with van der Waals surface area (Å²) in [6, 6.07) is 5.93. The van der Waals surface area contributed by atoms with Crippen molar-refractivity contribution in [1.29, 1.82) is 0 Å². The summed E-state index contributed by atoms with van der Waals surface area (Å²) in [5, 5.41) is 0.772. The Hall–Kier alpha value is -0.870. The predicted octanol–water partition coefficient (Wildman–Crippen LogP) is 3.55. The third kappa shape index (κ3) is 2.22. The fraction of sp³-hybridized carbons (Fsp3) is 0.667. The van der Waals surface area contributed by atoms with E-state index >= 15 is 0 Å². The molecule has 4 aliphatic rings. The molecule has 1 aromatic rings. The van der Waals surface area contributed by atoms with Gasteiger partial charge in [-0.05, 0) is 39.8 Å². The lowest BCUT2D eigenvalue weighted by molar-refractivity contribution is -0.448. The lowest BCUT2D eigenvalue weighted by atomic mass is 9.85. The molecule has 0 N–H and O–H groups in total. The van der Waals surface area contributed by atoms with Gasteiger partial charge >= 0.3 is 0 Å². The number of benzene rings is 1. The molecule has 0 spiro atoms. The zero-order valence-corrected chi connectivity index (χ0v) is 16.0. The van der Waals surface area contributed by atoms with Crippen molar-refractivity contribution in [2.24, 2.45) is 0 Å². The summed E-state index contributed by atoms with van der Waals surface area (Å²) in [5.74, 6) is 0.974. The van der Waals surface area contributed by atoms with Crippen molar-refractivity contribution in [2.75, 3.05) is 14.2 Å². The zero-order valence-electron chi connectivity index (χ0n) is 15.1. The Kier molecular flexibility index (Phi) is 3.35. The smallest absolute Gasteiger partial charge is 0.194 e. The van der Waals surface area contributed by atoms with Gasteiger partial charge < -0.3 is 23.7 Å². The van der Waals surface area contributed by atoms with Crippen molar-refractivity contribution in [3.63, 3.8) is 0 Å². The molecule has 0 aromatic heterocycles. The van der Waals surface area contributed by atoms with E-state index in [0.29, 0.717) is 0 Å². The summed E-state index contributed by atoms with van der Waals surface area (Å²) in [5.41, 5.74) is -0.905. The molecule has 4 saturated heterocycles. The summed E-state index contributed by atoms with van der Waals surface area (Å²) in [4.78, 5) is 0. The third-order valence-corrected chi connectivity index (χ3v) is 8.22. The minimum Gasteiger partial charge on any atom is -0.497 e. The molecule has 5 rings (SSSR count). The van der Waals surface area contributed by atoms with Crippen molar-refractivity contribution < 1.29 is 23.7 Å². The van der Waals surface area contributed by atoms with E-state index in [9.17, 15) is 0 Å². The van der Waals surface area contributed by atoms with Gasteiger partial charge in [-0.2, -0.15) is 0 Å². The van der Waals surface area contributed by atoms with E-state index in [-0.39, 0.29) is 10.9 Å². The second-order valence-corrected chi connectivity index (χ2v) is 10.6. The van der Waals surface area contributed by atoms with E-state index in [0.717, 1.165) is 29.6 Å². The lowest BCUT2D eigenvalue weighted by Crippen LogP contribution is -2.72. The Morgan fingerprint density at radius 2 is 1.71 bits per heavy atom. The molecule has 132 valence electrons.